The molecule has 0 aliphatic rings. The maximum absolute atomic E-state index is 5.74. The van der Waals surface area contributed by atoms with Crippen LogP contribution in [0.2, 0.25) is 0 Å². The Labute approximate surface area is 127 Å². The average molecular weight is 289 g/mol. The zero-order valence-electron chi connectivity index (χ0n) is 13.3. The van der Waals surface area contributed by atoms with E-state index >= 15 is 0 Å². The molecule has 5 nitrogen and oxygen atoms in total. The second-order valence-electron chi connectivity index (χ2n) is 5.47. The highest BCUT2D eigenvalue weighted by Crippen LogP contribution is 2.19. The third kappa shape index (κ3) is 3.81. The first-order valence-corrected chi connectivity index (χ1v) is 7.78. The van der Waals surface area contributed by atoms with Gasteiger partial charge in [0.25, 0.3) is 0 Å². The Hall–Kier alpha value is -1.43. The molecule has 0 amide bonds. The van der Waals surface area contributed by atoms with Crippen LogP contribution in [0, 0.1) is 0 Å². The highest BCUT2D eigenvalue weighted by molar-refractivity contribution is 5.81. The number of rotatable bonds is 8. The first kappa shape index (κ1) is 15.9. The third-order valence-electron chi connectivity index (χ3n) is 4.20. The van der Waals surface area contributed by atoms with Gasteiger partial charge in [-0.1, -0.05) is 32.0 Å². The van der Waals surface area contributed by atoms with Crippen LogP contribution < -0.4 is 11.3 Å². The molecule has 116 valence electrons. The second kappa shape index (κ2) is 7.54. The molecular formula is C16H27N5. The molecule has 2 aromatic rings. The lowest BCUT2D eigenvalue weighted by Crippen LogP contribution is -2.40. The van der Waals surface area contributed by atoms with Gasteiger partial charge in [0, 0.05) is 24.9 Å². The molecule has 2 rings (SSSR count). The zero-order valence-corrected chi connectivity index (χ0v) is 13.3. The molecule has 1 aromatic carbocycles. The summed E-state index contributed by atoms with van der Waals surface area (Å²) >= 11 is 0. The Morgan fingerprint density at radius 3 is 2.67 bits per heavy atom. The highest BCUT2D eigenvalue weighted by Gasteiger charge is 2.14. The normalized spacial score (nSPS) is 13.2. The summed E-state index contributed by atoms with van der Waals surface area (Å²) in [6, 6.07) is 8.60. The van der Waals surface area contributed by atoms with Crippen LogP contribution in [0.15, 0.2) is 24.3 Å². The van der Waals surface area contributed by atoms with Crippen LogP contribution in [0.1, 0.15) is 26.0 Å². The standard InChI is InChI=1S/C16H27N5/c1-4-21(5-2)11-10-13(18-17)12-15-14-8-6-7-9-16(14)20(3)19-15/h6-9,13,18H,4-5,10-12,17H2,1-3H3. The maximum atomic E-state index is 5.74. The smallest absolute Gasteiger partial charge is 0.0719 e. The number of nitrogens with one attached hydrogen (secondary N) is 1. The van der Waals surface area contributed by atoms with E-state index in [-0.39, 0.29) is 6.04 Å². The van der Waals surface area contributed by atoms with Crippen molar-refractivity contribution in [1.29, 1.82) is 0 Å². The van der Waals surface area contributed by atoms with Crippen LogP contribution in [0.3, 0.4) is 0 Å². The van der Waals surface area contributed by atoms with Gasteiger partial charge in [-0.05, 0) is 32.1 Å². The molecule has 3 N–H and O–H groups in total. The van der Waals surface area contributed by atoms with Gasteiger partial charge >= 0.3 is 0 Å². The zero-order chi connectivity index (χ0) is 15.2. The van der Waals surface area contributed by atoms with Gasteiger partial charge in [0.15, 0.2) is 0 Å². The summed E-state index contributed by atoms with van der Waals surface area (Å²) in [4.78, 5) is 2.42. The Kier molecular flexibility index (Phi) is 5.73. The van der Waals surface area contributed by atoms with Crippen molar-refractivity contribution >= 4 is 10.9 Å². The van der Waals surface area contributed by atoms with Gasteiger partial charge in [-0.25, -0.2) is 0 Å². The molecule has 1 aromatic heterocycles. The molecule has 1 heterocycles. The molecular weight excluding hydrogens is 262 g/mol. The molecule has 1 atom stereocenters. The maximum Gasteiger partial charge on any atom is 0.0719 e. The van der Waals surface area contributed by atoms with Crippen LogP contribution in [-0.2, 0) is 13.5 Å². The molecule has 1 unspecified atom stereocenters. The molecule has 0 saturated carbocycles. The van der Waals surface area contributed by atoms with Gasteiger partial charge in [-0.15, -0.1) is 0 Å². The number of aromatic nitrogens is 2. The van der Waals surface area contributed by atoms with E-state index in [4.69, 9.17) is 5.84 Å². The highest BCUT2D eigenvalue weighted by atomic mass is 15.3. The minimum absolute atomic E-state index is 0.254. The van der Waals surface area contributed by atoms with Crippen molar-refractivity contribution in [2.75, 3.05) is 19.6 Å². The van der Waals surface area contributed by atoms with E-state index in [1.54, 1.807) is 0 Å². The third-order valence-corrected chi connectivity index (χ3v) is 4.20. The predicted octanol–water partition coefficient (Wildman–Crippen LogP) is 1.68. The van der Waals surface area contributed by atoms with Gasteiger partial charge in [-0.3, -0.25) is 16.0 Å². The van der Waals surface area contributed by atoms with Gasteiger partial charge in [0.05, 0.1) is 11.2 Å². The van der Waals surface area contributed by atoms with Gasteiger partial charge in [0.1, 0.15) is 0 Å². The lowest BCUT2D eigenvalue weighted by Gasteiger charge is -2.21. The average Bonchev–Trinajstić information content (AvgIpc) is 2.84. The summed E-state index contributed by atoms with van der Waals surface area (Å²) in [7, 11) is 1.99. The Balaban J connectivity index is 2.06. The number of aryl methyl sites for hydroxylation is 1. The van der Waals surface area contributed by atoms with Gasteiger partial charge in [-0.2, -0.15) is 5.10 Å². The van der Waals surface area contributed by atoms with Crippen molar-refractivity contribution in [1.82, 2.24) is 20.1 Å². The van der Waals surface area contributed by atoms with Crippen molar-refractivity contribution in [3.05, 3.63) is 30.0 Å². The minimum Gasteiger partial charge on any atom is -0.304 e. The summed E-state index contributed by atoms with van der Waals surface area (Å²) in [5.41, 5.74) is 5.25. The Bertz CT molecular complexity index is 559. The summed E-state index contributed by atoms with van der Waals surface area (Å²) in [5, 5.41) is 5.88. The number of nitrogens with two attached hydrogens (primary N) is 1. The van der Waals surface area contributed by atoms with E-state index in [1.807, 2.05) is 17.8 Å². The SMILES string of the molecule is CCN(CC)CCC(Cc1nn(C)c2ccccc12)NN. The van der Waals surface area contributed by atoms with E-state index < -0.39 is 0 Å². The summed E-state index contributed by atoms with van der Waals surface area (Å²) in [6.45, 7) is 7.62. The van der Waals surface area contributed by atoms with Crippen molar-refractivity contribution in [3.63, 3.8) is 0 Å². The van der Waals surface area contributed by atoms with E-state index in [0.717, 1.165) is 38.2 Å². The number of para-hydroxylation sites is 1. The summed E-state index contributed by atoms with van der Waals surface area (Å²) < 4.78 is 1.95. The van der Waals surface area contributed by atoms with Crippen LogP contribution in [-0.4, -0.2) is 40.4 Å². The van der Waals surface area contributed by atoms with Crippen molar-refractivity contribution in [3.8, 4) is 0 Å². The predicted molar refractivity (Wildman–Crippen MR) is 87.9 cm³/mol. The van der Waals surface area contributed by atoms with E-state index in [2.05, 4.69) is 47.5 Å². The van der Waals surface area contributed by atoms with E-state index in [0.29, 0.717) is 0 Å². The van der Waals surface area contributed by atoms with Crippen LogP contribution >= 0.6 is 0 Å². The molecule has 21 heavy (non-hydrogen) atoms. The monoisotopic (exact) mass is 289 g/mol. The van der Waals surface area contributed by atoms with Gasteiger partial charge < -0.3 is 4.90 Å². The molecule has 0 fully saturated rings. The quantitative estimate of drug-likeness (QED) is 0.573. The van der Waals surface area contributed by atoms with Crippen molar-refractivity contribution < 1.29 is 0 Å². The number of hydrogen-bond acceptors (Lipinski definition) is 4. The lowest BCUT2D eigenvalue weighted by atomic mass is 10.1. The molecule has 0 aliphatic heterocycles. The first-order chi connectivity index (χ1) is 10.2. The van der Waals surface area contributed by atoms with Crippen molar-refractivity contribution in [2.45, 2.75) is 32.7 Å². The number of hydrogen-bond donors (Lipinski definition) is 2. The number of benzene rings is 1. The van der Waals surface area contributed by atoms with Crippen LogP contribution in [0.25, 0.3) is 10.9 Å². The number of hydrazine groups is 1. The molecule has 0 saturated heterocycles. The first-order valence-electron chi connectivity index (χ1n) is 7.78. The summed E-state index contributed by atoms with van der Waals surface area (Å²) in [6.07, 6.45) is 1.89. The number of fused-ring (bicyclic) bond motifs is 1. The van der Waals surface area contributed by atoms with Crippen LogP contribution in [0.4, 0.5) is 0 Å². The lowest BCUT2D eigenvalue weighted by molar-refractivity contribution is 0.280. The summed E-state index contributed by atoms with van der Waals surface area (Å²) in [5.74, 6) is 5.74. The number of nitrogens with zero attached hydrogens (tertiary/aromatic N) is 3. The van der Waals surface area contributed by atoms with Crippen molar-refractivity contribution in [2.24, 2.45) is 12.9 Å². The van der Waals surface area contributed by atoms with Gasteiger partial charge in [0.2, 0.25) is 0 Å². The fourth-order valence-corrected chi connectivity index (χ4v) is 2.80. The Morgan fingerprint density at radius 2 is 2.00 bits per heavy atom. The van der Waals surface area contributed by atoms with Crippen LogP contribution in [0.5, 0.6) is 0 Å². The largest absolute Gasteiger partial charge is 0.304 e. The molecule has 5 heteroatoms. The molecule has 0 aliphatic carbocycles. The Morgan fingerprint density at radius 1 is 1.29 bits per heavy atom. The molecule has 0 spiro atoms. The molecule has 0 bridgehead atoms. The second-order valence-corrected chi connectivity index (χ2v) is 5.47. The van der Waals surface area contributed by atoms with E-state index in [9.17, 15) is 0 Å². The fraction of sp³-hybridized carbons (Fsp3) is 0.562. The topological polar surface area (TPSA) is 59.1 Å². The fourth-order valence-electron chi connectivity index (χ4n) is 2.80. The minimum atomic E-state index is 0.254. The van der Waals surface area contributed by atoms with E-state index in [1.165, 1.54) is 10.9 Å². The molecule has 0 radical (unpaired) electrons.